The highest BCUT2D eigenvalue weighted by Crippen LogP contribution is 2.21. The molecule has 0 radical (unpaired) electrons. The number of fused-ring (bicyclic) bond motifs is 1. The van der Waals surface area contributed by atoms with E-state index < -0.39 is 0 Å². The molecular weight excluding hydrogens is 364 g/mol. The maximum Gasteiger partial charge on any atom is 0.0697 e. The second-order valence-electron chi connectivity index (χ2n) is 4.98. The molecule has 0 nitrogen and oxygen atoms in total. The lowest BCUT2D eigenvalue weighted by Crippen LogP contribution is -1.89. The molecule has 2 aromatic carbocycles. The van der Waals surface area contributed by atoms with Crippen LogP contribution in [0.2, 0.25) is 0 Å². The fourth-order valence-electron chi connectivity index (χ4n) is 2.48. The van der Waals surface area contributed by atoms with Crippen LogP contribution < -0.4 is 0 Å². The molecule has 0 atom stereocenters. The molecule has 0 aliphatic heterocycles. The normalized spacial score (nSPS) is 11.3. The number of rotatable bonds is 7. The summed E-state index contributed by atoms with van der Waals surface area (Å²) in [5, 5.41) is 2.78. The van der Waals surface area contributed by atoms with Gasteiger partial charge in [-0.25, -0.2) is 0 Å². The van der Waals surface area contributed by atoms with E-state index in [2.05, 4.69) is 74.3 Å². The molecule has 0 N–H and O–H groups in total. The van der Waals surface area contributed by atoms with Crippen molar-refractivity contribution in [2.75, 3.05) is 0 Å². The molecule has 0 aliphatic rings. The molecule has 0 aromatic heterocycles. The highest BCUT2D eigenvalue weighted by atomic mass is 79.9. The summed E-state index contributed by atoms with van der Waals surface area (Å²) in [5.41, 5.74) is 1.50. The van der Waals surface area contributed by atoms with Crippen LogP contribution >= 0.6 is 31.9 Å². The number of benzene rings is 2. The van der Waals surface area contributed by atoms with Crippen LogP contribution in [0.25, 0.3) is 10.8 Å². The second kappa shape index (κ2) is 8.06. The van der Waals surface area contributed by atoms with E-state index in [9.17, 15) is 0 Å². The molecule has 19 heavy (non-hydrogen) atoms. The van der Waals surface area contributed by atoms with E-state index in [4.69, 9.17) is 0 Å². The molecule has 0 saturated carbocycles. The highest BCUT2D eigenvalue weighted by molar-refractivity contribution is 9.24. The summed E-state index contributed by atoms with van der Waals surface area (Å²) < 4.78 is 0.484. The first-order valence-corrected chi connectivity index (χ1v) is 8.85. The monoisotopic (exact) mass is 382 g/mol. The lowest BCUT2D eigenvalue weighted by atomic mass is 9.99. The van der Waals surface area contributed by atoms with Gasteiger partial charge >= 0.3 is 0 Å². The lowest BCUT2D eigenvalue weighted by molar-refractivity contribution is 0.633. The Morgan fingerprint density at radius 1 is 0.789 bits per heavy atom. The summed E-state index contributed by atoms with van der Waals surface area (Å²) in [6.45, 7) is 0. The Balaban J connectivity index is 1.82. The van der Waals surface area contributed by atoms with E-state index in [1.165, 1.54) is 54.9 Å². The van der Waals surface area contributed by atoms with Crippen molar-refractivity contribution >= 4 is 42.6 Å². The fourth-order valence-corrected chi connectivity index (χ4v) is 3.13. The molecule has 0 heterocycles. The zero-order valence-electron chi connectivity index (χ0n) is 11.1. The van der Waals surface area contributed by atoms with Crippen molar-refractivity contribution in [3.8, 4) is 0 Å². The van der Waals surface area contributed by atoms with E-state index in [1.807, 2.05) is 0 Å². The molecule has 2 rings (SSSR count). The first kappa shape index (κ1) is 15.1. The predicted molar refractivity (Wildman–Crippen MR) is 92.4 cm³/mol. The Hall–Kier alpha value is -0.340. The van der Waals surface area contributed by atoms with Crippen LogP contribution in [0.5, 0.6) is 0 Å². The molecular formula is C17H20Br2. The Bertz CT molecular complexity index is 500. The molecule has 0 fully saturated rings. The standard InChI is InChI=1S/C17H20Br2/c18-17(19)13-4-2-1-3-8-14-10-7-11-15-9-5-6-12-16(14)15/h5-7,9-12,17H,1-4,8,13H2. The van der Waals surface area contributed by atoms with E-state index in [-0.39, 0.29) is 0 Å². The largest absolute Gasteiger partial charge is 0.0765 e. The topological polar surface area (TPSA) is 0 Å². The minimum absolute atomic E-state index is 0.484. The molecule has 0 aliphatic carbocycles. The van der Waals surface area contributed by atoms with Gasteiger partial charge in [-0.05, 0) is 35.6 Å². The number of hydrogen-bond donors (Lipinski definition) is 0. The van der Waals surface area contributed by atoms with Gasteiger partial charge in [0.2, 0.25) is 0 Å². The van der Waals surface area contributed by atoms with Gasteiger partial charge in [0, 0.05) is 0 Å². The zero-order valence-corrected chi connectivity index (χ0v) is 14.3. The summed E-state index contributed by atoms with van der Waals surface area (Å²) in [7, 11) is 0. The van der Waals surface area contributed by atoms with Crippen LogP contribution in [0, 0.1) is 0 Å². The molecule has 2 heteroatoms. The summed E-state index contributed by atoms with van der Waals surface area (Å²) in [4.78, 5) is 0. The molecule has 0 unspecified atom stereocenters. The number of hydrogen-bond acceptors (Lipinski definition) is 0. The van der Waals surface area contributed by atoms with Crippen molar-refractivity contribution in [2.24, 2.45) is 0 Å². The Kier molecular flexibility index (Phi) is 6.39. The third kappa shape index (κ3) is 4.92. The van der Waals surface area contributed by atoms with Crippen molar-refractivity contribution in [1.29, 1.82) is 0 Å². The third-order valence-corrected chi connectivity index (χ3v) is 4.41. The van der Waals surface area contributed by atoms with Gasteiger partial charge in [0.15, 0.2) is 0 Å². The smallest absolute Gasteiger partial charge is 0.0697 e. The third-order valence-electron chi connectivity index (χ3n) is 3.50. The van der Waals surface area contributed by atoms with E-state index in [1.54, 1.807) is 0 Å². The summed E-state index contributed by atoms with van der Waals surface area (Å²) in [6, 6.07) is 15.3. The molecule has 0 spiro atoms. The van der Waals surface area contributed by atoms with E-state index >= 15 is 0 Å². The van der Waals surface area contributed by atoms with Gasteiger partial charge < -0.3 is 0 Å². The number of halogens is 2. The van der Waals surface area contributed by atoms with Crippen LogP contribution in [-0.2, 0) is 6.42 Å². The van der Waals surface area contributed by atoms with Crippen LogP contribution in [0.3, 0.4) is 0 Å². The van der Waals surface area contributed by atoms with Crippen molar-refractivity contribution in [2.45, 2.75) is 42.3 Å². The average molecular weight is 384 g/mol. The predicted octanol–water partition coefficient (Wildman–Crippen LogP) is 6.45. The van der Waals surface area contributed by atoms with Gasteiger partial charge in [0.25, 0.3) is 0 Å². The van der Waals surface area contributed by atoms with Crippen molar-refractivity contribution in [3.05, 3.63) is 48.0 Å². The summed E-state index contributed by atoms with van der Waals surface area (Å²) in [5.74, 6) is 0. The Morgan fingerprint density at radius 2 is 1.53 bits per heavy atom. The number of aryl methyl sites for hydroxylation is 1. The van der Waals surface area contributed by atoms with Crippen LogP contribution in [0.15, 0.2) is 42.5 Å². The molecule has 0 amide bonds. The first-order chi connectivity index (χ1) is 9.27. The number of unbranched alkanes of at least 4 members (excludes halogenated alkanes) is 3. The van der Waals surface area contributed by atoms with Crippen LogP contribution in [0.4, 0.5) is 0 Å². The Labute approximate surface area is 132 Å². The van der Waals surface area contributed by atoms with Crippen molar-refractivity contribution < 1.29 is 0 Å². The minimum atomic E-state index is 0.484. The van der Waals surface area contributed by atoms with Crippen molar-refractivity contribution in [3.63, 3.8) is 0 Å². The zero-order chi connectivity index (χ0) is 13.5. The van der Waals surface area contributed by atoms with E-state index in [0.29, 0.717) is 3.74 Å². The molecule has 102 valence electrons. The SMILES string of the molecule is BrC(Br)CCCCCCc1cccc2ccccc12. The average Bonchev–Trinajstić information content (AvgIpc) is 2.42. The van der Waals surface area contributed by atoms with Gasteiger partial charge in [-0.2, -0.15) is 0 Å². The maximum absolute atomic E-state index is 3.52. The minimum Gasteiger partial charge on any atom is -0.0765 e. The van der Waals surface area contributed by atoms with Gasteiger partial charge in [-0.15, -0.1) is 0 Å². The summed E-state index contributed by atoms with van der Waals surface area (Å²) >= 11 is 7.05. The van der Waals surface area contributed by atoms with Gasteiger partial charge in [-0.1, -0.05) is 93.6 Å². The summed E-state index contributed by atoms with van der Waals surface area (Å²) in [6.07, 6.45) is 7.68. The molecule has 0 bridgehead atoms. The van der Waals surface area contributed by atoms with Crippen molar-refractivity contribution in [1.82, 2.24) is 0 Å². The fraction of sp³-hybridized carbons (Fsp3) is 0.412. The van der Waals surface area contributed by atoms with Crippen LogP contribution in [0.1, 0.15) is 37.7 Å². The quantitative estimate of drug-likeness (QED) is 0.380. The second-order valence-corrected chi connectivity index (χ2v) is 8.42. The first-order valence-electron chi connectivity index (χ1n) is 7.02. The highest BCUT2D eigenvalue weighted by Gasteiger charge is 2.01. The maximum atomic E-state index is 3.52. The van der Waals surface area contributed by atoms with Gasteiger partial charge in [0.05, 0.1) is 3.74 Å². The molecule has 2 aromatic rings. The van der Waals surface area contributed by atoms with Crippen LogP contribution in [-0.4, -0.2) is 3.74 Å². The lowest BCUT2D eigenvalue weighted by Gasteiger charge is -2.06. The molecule has 0 saturated heterocycles. The van der Waals surface area contributed by atoms with Gasteiger partial charge in [-0.3, -0.25) is 0 Å². The Morgan fingerprint density at radius 3 is 2.37 bits per heavy atom. The van der Waals surface area contributed by atoms with E-state index in [0.717, 1.165) is 0 Å². The van der Waals surface area contributed by atoms with Gasteiger partial charge in [0.1, 0.15) is 0 Å². The number of alkyl halides is 2.